The summed E-state index contributed by atoms with van der Waals surface area (Å²) >= 11 is 0. The van der Waals surface area contributed by atoms with Gasteiger partial charge in [-0.05, 0) is 13.3 Å². The van der Waals surface area contributed by atoms with Gasteiger partial charge in [-0.25, -0.2) is 0 Å². The minimum atomic E-state index is 0.643. The predicted molar refractivity (Wildman–Crippen MR) is 118 cm³/mol. The molecule has 0 aliphatic heterocycles. The molecule has 0 aliphatic carbocycles. The highest BCUT2D eigenvalue weighted by molar-refractivity contribution is 5.17. The number of benzene rings is 1. The second-order valence-corrected chi connectivity index (χ2v) is 8.70. The third-order valence-corrected chi connectivity index (χ3v) is 6.17. The third kappa shape index (κ3) is 9.76. The van der Waals surface area contributed by atoms with Gasteiger partial charge < -0.3 is 4.48 Å². The van der Waals surface area contributed by atoms with Crippen LogP contribution in [0, 0.1) is 0 Å². The topological polar surface area (TPSA) is 0 Å². The van der Waals surface area contributed by atoms with E-state index in [1.165, 1.54) is 95.6 Å². The lowest BCUT2D eigenvalue weighted by Gasteiger charge is -2.37. The van der Waals surface area contributed by atoms with Crippen molar-refractivity contribution in [3.8, 4) is 0 Å². The standard InChI is InChI=1S/C25H46N/c1-5-7-8-9-10-11-12-13-14-15-16-20-23-25(26(3,4)6-2)24-21-18-17-19-22-24/h17-19,21-22,25H,5-16,20,23H2,1-4H3/q+1. The third-order valence-electron chi connectivity index (χ3n) is 6.17. The van der Waals surface area contributed by atoms with E-state index in [0.717, 1.165) is 4.48 Å². The molecule has 1 rings (SSSR count). The maximum absolute atomic E-state index is 2.39. The van der Waals surface area contributed by atoms with Gasteiger partial charge in [0.2, 0.25) is 0 Å². The van der Waals surface area contributed by atoms with Gasteiger partial charge in [0.15, 0.2) is 0 Å². The molecule has 0 bridgehead atoms. The smallest absolute Gasteiger partial charge is 0.114 e. The molecule has 0 spiro atoms. The zero-order valence-electron chi connectivity index (χ0n) is 18.3. The average molecular weight is 361 g/mol. The molecule has 1 atom stereocenters. The lowest BCUT2D eigenvalue weighted by molar-refractivity contribution is -0.920. The van der Waals surface area contributed by atoms with E-state index in [4.69, 9.17) is 0 Å². The summed E-state index contributed by atoms with van der Waals surface area (Å²) in [5.41, 5.74) is 1.52. The van der Waals surface area contributed by atoms with E-state index in [2.05, 4.69) is 58.3 Å². The van der Waals surface area contributed by atoms with Crippen molar-refractivity contribution < 1.29 is 4.48 Å². The molecule has 0 aliphatic rings. The lowest BCUT2D eigenvalue weighted by Crippen LogP contribution is -2.42. The number of nitrogens with zero attached hydrogens (tertiary/aromatic N) is 1. The van der Waals surface area contributed by atoms with E-state index in [9.17, 15) is 0 Å². The second-order valence-electron chi connectivity index (χ2n) is 8.70. The normalized spacial score (nSPS) is 13.1. The summed E-state index contributed by atoms with van der Waals surface area (Å²) in [4.78, 5) is 0. The van der Waals surface area contributed by atoms with Crippen molar-refractivity contribution in [1.29, 1.82) is 0 Å². The quantitative estimate of drug-likeness (QED) is 0.207. The summed E-state index contributed by atoms with van der Waals surface area (Å²) in [6.45, 7) is 5.81. The van der Waals surface area contributed by atoms with Crippen LogP contribution >= 0.6 is 0 Å². The van der Waals surface area contributed by atoms with Crippen molar-refractivity contribution in [2.75, 3.05) is 20.6 Å². The molecule has 0 saturated carbocycles. The second kappa shape index (κ2) is 14.3. The Bertz CT molecular complexity index is 423. The molecule has 0 N–H and O–H groups in total. The molecule has 1 aromatic rings. The molecule has 150 valence electrons. The molecule has 0 heterocycles. The first kappa shape index (κ1) is 23.2. The Hall–Kier alpha value is -0.820. The van der Waals surface area contributed by atoms with E-state index in [1.54, 1.807) is 0 Å². The van der Waals surface area contributed by atoms with Crippen LogP contribution in [-0.2, 0) is 0 Å². The number of quaternary nitrogens is 1. The van der Waals surface area contributed by atoms with Gasteiger partial charge in [-0.1, -0.05) is 108 Å². The zero-order chi connectivity index (χ0) is 19.1. The van der Waals surface area contributed by atoms with Gasteiger partial charge in [-0.2, -0.15) is 0 Å². The Labute approximate surface area is 164 Å². The molecule has 1 heteroatoms. The van der Waals surface area contributed by atoms with Crippen LogP contribution < -0.4 is 0 Å². The van der Waals surface area contributed by atoms with Gasteiger partial charge in [0, 0.05) is 12.0 Å². The SMILES string of the molecule is CCCCCCCCCCCCCCC(c1ccccc1)[N+](C)(C)CC. The van der Waals surface area contributed by atoms with E-state index >= 15 is 0 Å². The fraction of sp³-hybridized carbons (Fsp3) is 0.760. The molecule has 0 aromatic heterocycles. The van der Waals surface area contributed by atoms with Gasteiger partial charge >= 0.3 is 0 Å². The van der Waals surface area contributed by atoms with Crippen LogP contribution in [0.4, 0.5) is 0 Å². The highest BCUT2D eigenvalue weighted by Crippen LogP contribution is 2.30. The Kier molecular flexibility index (Phi) is 12.7. The van der Waals surface area contributed by atoms with Gasteiger partial charge in [-0.15, -0.1) is 0 Å². The Balaban J connectivity index is 2.14. The fourth-order valence-corrected chi connectivity index (χ4v) is 3.99. The Morgan fingerprint density at radius 3 is 1.58 bits per heavy atom. The van der Waals surface area contributed by atoms with E-state index < -0.39 is 0 Å². The van der Waals surface area contributed by atoms with Crippen LogP contribution in [0.2, 0.25) is 0 Å². The molecular weight excluding hydrogens is 314 g/mol. The van der Waals surface area contributed by atoms with Gasteiger partial charge in [0.1, 0.15) is 6.04 Å². The van der Waals surface area contributed by atoms with Gasteiger partial charge in [0.05, 0.1) is 20.6 Å². The number of unbranched alkanes of at least 4 members (excludes halogenated alkanes) is 11. The summed E-state index contributed by atoms with van der Waals surface area (Å²) in [6.07, 6.45) is 18.5. The summed E-state index contributed by atoms with van der Waals surface area (Å²) in [7, 11) is 4.77. The Morgan fingerprint density at radius 2 is 1.12 bits per heavy atom. The minimum absolute atomic E-state index is 0.643. The summed E-state index contributed by atoms with van der Waals surface area (Å²) in [6, 6.07) is 11.8. The highest BCUT2D eigenvalue weighted by Gasteiger charge is 2.27. The summed E-state index contributed by atoms with van der Waals surface area (Å²) < 4.78 is 1.10. The number of rotatable bonds is 16. The summed E-state index contributed by atoms with van der Waals surface area (Å²) in [5, 5.41) is 0. The molecule has 0 fully saturated rings. The van der Waals surface area contributed by atoms with Gasteiger partial charge in [0.25, 0.3) is 0 Å². The van der Waals surface area contributed by atoms with Crippen LogP contribution in [0.25, 0.3) is 0 Å². The van der Waals surface area contributed by atoms with Crippen LogP contribution in [0.15, 0.2) is 30.3 Å². The maximum Gasteiger partial charge on any atom is 0.114 e. The maximum atomic E-state index is 2.39. The van der Waals surface area contributed by atoms with E-state index in [-0.39, 0.29) is 0 Å². The number of hydrogen-bond donors (Lipinski definition) is 0. The van der Waals surface area contributed by atoms with E-state index in [1.807, 2.05) is 0 Å². The molecule has 1 aromatic carbocycles. The minimum Gasteiger partial charge on any atom is -0.323 e. The average Bonchev–Trinajstić information content (AvgIpc) is 2.66. The molecule has 0 saturated heterocycles. The molecule has 26 heavy (non-hydrogen) atoms. The van der Waals surface area contributed by atoms with Crippen molar-refractivity contribution in [3.05, 3.63) is 35.9 Å². The first-order chi connectivity index (χ1) is 12.6. The molecule has 1 nitrogen and oxygen atoms in total. The zero-order valence-corrected chi connectivity index (χ0v) is 18.3. The molecular formula is C25H46N+. The molecule has 0 radical (unpaired) electrons. The van der Waals surface area contributed by atoms with Crippen molar-refractivity contribution in [2.24, 2.45) is 0 Å². The molecule has 0 amide bonds. The monoisotopic (exact) mass is 360 g/mol. The first-order valence-electron chi connectivity index (χ1n) is 11.5. The van der Waals surface area contributed by atoms with Crippen molar-refractivity contribution in [3.63, 3.8) is 0 Å². The summed E-state index contributed by atoms with van der Waals surface area (Å²) in [5.74, 6) is 0. The molecule has 1 unspecified atom stereocenters. The Morgan fingerprint density at radius 1 is 0.654 bits per heavy atom. The van der Waals surface area contributed by atoms with Crippen LogP contribution in [0.3, 0.4) is 0 Å². The van der Waals surface area contributed by atoms with Gasteiger partial charge in [-0.3, -0.25) is 0 Å². The van der Waals surface area contributed by atoms with E-state index in [0.29, 0.717) is 6.04 Å². The fourth-order valence-electron chi connectivity index (χ4n) is 3.99. The van der Waals surface area contributed by atoms with Crippen molar-refractivity contribution >= 4 is 0 Å². The highest BCUT2D eigenvalue weighted by atomic mass is 15.3. The largest absolute Gasteiger partial charge is 0.323 e. The van der Waals surface area contributed by atoms with Crippen LogP contribution in [0.1, 0.15) is 109 Å². The van der Waals surface area contributed by atoms with Crippen molar-refractivity contribution in [2.45, 2.75) is 103 Å². The van der Waals surface area contributed by atoms with Crippen LogP contribution in [-0.4, -0.2) is 25.1 Å². The number of hydrogen-bond acceptors (Lipinski definition) is 0. The van der Waals surface area contributed by atoms with Crippen molar-refractivity contribution in [1.82, 2.24) is 0 Å². The predicted octanol–water partition coefficient (Wildman–Crippen LogP) is 7.92. The van der Waals surface area contributed by atoms with Crippen LogP contribution in [0.5, 0.6) is 0 Å². The first-order valence-corrected chi connectivity index (χ1v) is 11.5. The lowest BCUT2D eigenvalue weighted by atomic mass is 9.96.